The first kappa shape index (κ1) is 5.37. The Balaban J connectivity index is 2.39. The highest BCUT2D eigenvalue weighted by Gasteiger charge is 2.15. The molecule has 1 amide bonds. The zero-order valence-corrected chi connectivity index (χ0v) is 4.16. The third kappa shape index (κ3) is 0.894. The zero-order chi connectivity index (χ0) is 5.98. The Bertz CT molecular complexity index is 103. The largest absolute Gasteiger partial charge is 0.445 e. The third-order valence-electron chi connectivity index (χ3n) is 0.719. The quantitative estimate of drug-likeness (QED) is 0.447. The molecule has 8 heavy (non-hydrogen) atoms. The number of hydrogen-bond acceptors (Lipinski definition) is 3. The van der Waals surface area contributed by atoms with Crippen LogP contribution in [0.2, 0.25) is 0 Å². The number of hydroxylamine groups is 2. The summed E-state index contributed by atoms with van der Waals surface area (Å²) >= 11 is 0. The summed E-state index contributed by atoms with van der Waals surface area (Å²) in [6.07, 6.45) is -0.642. The molecular formula is C4H5NO3. The Morgan fingerprint density at radius 1 is 1.62 bits per heavy atom. The highest BCUT2D eigenvalue weighted by atomic mass is 16.8. The Morgan fingerprint density at radius 3 is 2.75 bits per heavy atom. The Morgan fingerprint density at radius 2 is 2.38 bits per heavy atom. The molecule has 1 rings (SSSR count). The molecule has 1 aliphatic heterocycles. The van der Waals surface area contributed by atoms with Crippen LogP contribution in [0.3, 0.4) is 0 Å². The van der Waals surface area contributed by atoms with Gasteiger partial charge in [0.2, 0.25) is 0 Å². The summed E-state index contributed by atoms with van der Waals surface area (Å²) in [7, 11) is 4.91. The fraction of sp³-hybridized carbons (Fsp3) is 0.500. The van der Waals surface area contributed by atoms with E-state index in [0.29, 0.717) is 11.7 Å². The van der Waals surface area contributed by atoms with Gasteiger partial charge in [0.05, 0.1) is 0 Å². The van der Waals surface area contributed by atoms with Crippen molar-refractivity contribution in [1.29, 1.82) is 0 Å². The first-order valence-corrected chi connectivity index (χ1v) is 2.15. The summed E-state index contributed by atoms with van der Waals surface area (Å²) in [5.74, 6) is 0. The van der Waals surface area contributed by atoms with Crippen molar-refractivity contribution in [3.63, 3.8) is 0 Å². The van der Waals surface area contributed by atoms with Crippen LogP contribution in [-0.2, 0) is 9.57 Å². The maximum absolute atomic E-state index is 10.2. The van der Waals surface area contributed by atoms with Crippen LogP contribution < -0.4 is 0 Å². The van der Waals surface area contributed by atoms with Crippen LogP contribution in [0.25, 0.3) is 0 Å². The number of cyclic esters (lactones) is 1. The van der Waals surface area contributed by atoms with Crippen molar-refractivity contribution in [3.8, 4) is 0 Å². The summed E-state index contributed by atoms with van der Waals surface area (Å²) < 4.78 is 4.43. The lowest BCUT2D eigenvalue weighted by molar-refractivity contribution is -0.148. The lowest BCUT2D eigenvalue weighted by Gasteiger charge is -2.20. The topological polar surface area (TPSA) is 38.8 Å². The zero-order valence-electron chi connectivity index (χ0n) is 4.16. The lowest BCUT2D eigenvalue weighted by Crippen LogP contribution is -2.33. The van der Waals surface area contributed by atoms with E-state index in [9.17, 15) is 4.79 Å². The third-order valence-corrected chi connectivity index (χ3v) is 0.719. The number of carbonyl (C=O) groups excluding carboxylic acids is 1. The van der Waals surface area contributed by atoms with Crippen LogP contribution in [-0.4, -0.2) is 24.4 Å². The van der Waals surface area contributed by atoms with Crippen molar-refractivity contribution in [3.05, 3.63) is 7.05 Å². The fourth-order valence-corrected chi connectivity index (χ4v) is 0.381. The van der Waals surface area contributed by atoms with E-state index in [-0.39, 0.29) is 6.61 Å². The minimum atomic E-state index is -0.642. The minimum absolute atomic E-state index is 0.284. The Hall–Kier alpha value is -0.770. The van der Waals surface area contributed by atoms with Crippen molar-refractivity contribution in [2.45, 2.75) is 0 Å². The van der Waals surface area contributed by atoms with E-state index in [1.807, 2.05) is 0 Å². The molecule has 0 atom stereocenters. The minimum Gasteiger partial charge on any atom is -0.445 e. The van der Waals surface area contributed by atoms with Gasteiger partial charge in [0, 0.05) is 0 Å². The molecule has 0 saturated carbocycles. The second-order valence-corrected chi connectivity index (χ2v) is 1.27. The molecule has 0 aromatic rings. The van der Waals surface area contributed by atoms with Crippen LogP contribution in [0.4, 0.5) is 4.79 Å². The highest BCUT2D eigenvalue weighted by Crippen LogP contribution is 1.98. The molecule has 4 nitrogen and oxygen atoms in total. The van der Waals surface area contributed by atoms with E-state index in [0.717, 1.165) is 0 Å². The van der Waals surface area contributed by atoms with Crippen molar-refractivity contribution in [1.82, 2.24) is 5.06 Å². The van der Waals surface area contributed by atoms with Gasteiger partial charge in [-0.2, -0.15) is 5.06 Å². The van der Waals surface area contributed by atoms with Crippen molar-refractivity contribution < 1.29 is 14.4 Å². The monoisotopic (exact) mass is 115 g/mol. The van der Waals surface area contributed by atoms with Crippen LogP contribution >= 0.6 is 0 Å². The molecule has 0 aromatic carbocycles. The molecule has 44 valence electrons. The standard InChI is InChI=1S/C4H5NO3/c1-5-4(6)7-2-3-8-5/h1H,2-3H2. The second-order valence-electron chi connectivity index (χ2n) is 1.27. The highest BCUT2D eigenvalue weighted by molar-refractivity contribution is 5.66. The molecule has 4 heteroatoms. The van der Waals surface area contributed by atoms with Gasteiger partial charge >= 0.3 is 6.09 Å². The van der Waals surface area contributed by atoms with Gasteiger partial charge in [-0.25, -0.2) is 4.79 Å². The van der Waals surface area contributed by atoms with Gasteiger partial charge in [0.25, 0.3) is 0 Å². The summed E-state index contributed by atoms with van der Waals surface area (Å²) in [5.41, 5.74) is 0. The number of amides is 1. The SMILES string of the molecule is [CH]N1OCCOC1=O. The predicted octanol–water partition coefficient (Wildman–Crippen LogP) is 0.0388. The van der Waals surface area contributed by atoms with Gasteiger partial charge in [-0.05, 0) is 0 Å². The maximum Gasteiger partial charge on any atom is 0.434 e. The van der Waals surface area contributed by atoms with Gasteiger partial charge < -0.3 is 4.74 Å². The predicted molar refractivity (Wildman–Crippen MR) is 23.4 cm³/mol. The van der Waals surface area contributed by atoms with Crippen LogP contribution in [0.15, 0.2) is 0 Å². The molecule has 0 spiro atoms. The average molecular weight is 115 g/mol. The molecule has 0 bridgehead atoms. The fourth-order valence-electron chi connectivity index (χ4n) is 0.381. The van der Waals surface area contributed by atoms with Gasteiger partial charge in [-0.3, -0.25) is 4.84 Å². The van der Waals surface area contributed by atoms with E-state index in [4.69, 9.17) is 7.05 Å². The van der Waals surface area contributed by atoms with Crippen molar-refractivity contribution in [2.75, 3.05) is 13.2 Å². The number of carbonyl (C=O) groups is 1. The molecule has 0 aliphatic carbocycles. The first-order valence-electron chi connectivity index (χ1n) is 2.15. The van der Waals surface area contributed by atoms with Crippen LogP contribution in [0.1, 0.15) is 0 Å². The molecule has 1 heterocycles. The molecular weight excluding hydrogens is 110 g/mol. The van der Waals surface area contributed by atoms with Crippen LogP contribution in [0, 0.1) is 7.05 Å². The molecule has 1 fully saturated rings. The summed E-state index contributed by atoms with van der Waals surface area (Å²) in [6.45, 7) is 0.620. The Kier molecular flexibility index (Phi) is 1.34. The number of hydrogen-bond donors (Lipinski definition) is 0. The molecule has 2 radical (unpaired) electrons. The van der Waals surface area contributed by atoms with Crippen molar-refractivity contribution in [2.24, 2.45) is 0 Å². The van der Waals surface area contributed by atoms with Crippen LogP contribution in [0.5, 0.6) is 0 Å². The smallest absolute Gasteiger partial charge is 0.434 e. The molecule has 1 saturated heterocycles. The van der Waals surface area contributed by atoms with E-state index >= 15 is 0 Å². The van der Waals surface area contributed by atoms with E-state index in [1.165, 1.54) is 0 Å². The van der Waals surface area contributed by atoms with Gasteiger partial charge in [0.1, 0.15) is 20.3 Å². The van der Waals surface area contributed by atoms with E-state index < -0.39 is 6.09 Å². The summed E-state index contributed by atoms with van der Waals surface area (Å²) in [5, 5.41) is 0.573. The lowest BCUT2D eigenvalue weighted by atomic mass is 10.7. The molecule has 0 N–H and O–H groups in total. The number of rotatable bonds is 0. The average Bonchev–Trinajstić information content (AvgIpc) is 1.77. The summed E-state index contributed by atoms with van der Waals surface area (Å²) in [4.78, 5) is 14.8. The molecule has 0 unspecified atom stereocenters. The molecule has 1 aliphatic rings. The van der Waals surface area contributed by atoms with Gasteiger partial charge in [-0.1, -0.05) is 0 Å². The van der Waals surface area contributed by atoms with E-state index in [2.05, 4.69) is 9.57 Å². The number of nitrogens with zero attached hydrogens (tertiary/aromatic N) is 1. The number of ether oxygens (including phenoxy) is 1. The van der Waals surface area contributed by atoms with E-state index in [1.54, 1.807) is 0 Å². The molecule has 0 aromatic heterocycles. The summed E-state index contributed by atoms with van der Waals surface area (Å²) in [6, 6.07) is 0. The van der Waals surface area contributed by atoms with Crippen molar-refractivity contribution >= 4 is 6.09 Å². The second kappa shape index (κ2) is 2.00. The normalized spacial score (nSPS) is 20.6. The Labute approximate surface area is 46.9 Å². The van der Waals surface area contributed by atoms with Gasteiger partial charge in [-0.15, -0.1) is 0 Å². The first-order chi connectivity index (χ1) is 3.80. The van der Waals surface area contributed by atoms with Gasteiger partial charge in [0.15, 0.2) is 0 Å². The maximum atomic E-state index is 10.2.